The molecule has 2 N–H and O–H groups in total. The summed E-state index contributed by atoms with van der Waals surface area (Å²) >= 11 is 0. The van der Waals surface area contributed by atoms with Crippen LogP contribution < -0.4 is 10.6 Å². The molecule has 0 saturated carbocycles. The van der Waals surface area contributed by atoms with Crippen molar-refractivity contribution in [1.29, 1.82) is 0 Å². The van der Waals surface area contributed by atoms with Crippen LogP contribution in [0.5, 0.6) is 0 Å². The molecule has 0 radical (unpaired) electrons. The van der Waals surface area contributed by atoms with Crippen LogP contribution in [0, 0.1) is 17.0 Å². The van der Waals surface area contributed by atoms with Crippen LogP contribution in [0.2, 0.25) is 0 Å². The summed E-state index contributed by atoms with van der Waals surface area (Å²) in [5.74, 6) is 0.500. The van der Waals surface area contributed by atoms with Crippen molar-refractivity contribution in [3.05, 3.63) is 33.8 Å². The van der Waals surface area contributed by atoms with E-state index in [0.29, 0.717) is 23.9 Å². The molecule has 0 atom stereocenters. The van der Waals surface area contributed by atoms with Gasteiger partial charge in [-0.25, -0.2) is 4.98 Å². The fourth-order valence-corrected chi connectivity index (χ4v) is 1.65. The Balaban J connectivity index is 2.29. The molecule has 0 aromatic carbocycles. The van der Waals surface area contributed by atoms with E-state index in [4.69, 9.17) is 4.52 Å². The van der Waals surface area contributed by atoms with E-state index >= 15 is 0 Å². The maximum absolute atomic E-state index is 11.1. The average molecular weight is 278 g/mol. The summed E-state index contributed by atoms with van der Waals surface area (Å²) in [7, 11) is 0. The van der Waals surface area contributed by atoms with E-state index < -0.39 is 4.92 Å². The summed E-state index contributed by atoms with van der Waals surface area (Å²) in [5, 5.41) is 20.6. The minimum Gasteiger partial charge on any atom is -0.364 e. The normalized spacial score (nSPS) is 10.3. The van der Waals surface area contributed by atoms with Crippen LogP contribution in [0.25, 0.3) is 0 Å². The van der Waals surface area contributed by atoms with Gasteiger partial charge in [-0.2, -0.15) is 4.98 Å². The molecule has 2 aromatic heterocycles. The minimum absolute atomic E-state index is 0.143. The average Bonchev–Trinajstić information content (AvgIpc) is 2.88. The van der Waals surface area contributed by atoms with Gasteiger partial charge in [0, 0.05) is 12.6 Å². The van der Waals surface area contributed by atoms with Gasteiger partial charge in [0.2, 0.25) is 11.8 Å². The molecule has 2 rings (SSSR count). The first-order valence-electron chi connectivity index (χ1n) is 6.01. The zero-order valence-corrected chi connectivity index (χ0v) is 11.1. The molecule has 0 bridgehead atoms. The fraction of sp³-hybridized carbons (Fsp3) is 0.364. The number of aryl methyl sites for hydroxylation is 1. The third kappa shape index (κ3) is 2.99. The molecule has 2 heterocycles. The number of aromatic nitrogens is 3. The van der Waals surface area contributed by atoms with Crippen molar-refractivity contribution in [1.82, 2.24) is 15.1 Å². The Hall–Kier alpha value is -2.71. The minimum atomic E-state index is -0.504. The lowest BCUT2D eigenvalue weighted by molar-refractivity contribution is -0.385. The van der Waals surface area contributed by atoms with Crippen LogP contribution in [0.3, 0.4) is 0 Å². The van der Waals surface area contributed by atoms with Crippen molar-refractivity contribution in [2.24, 2.45) is 0 Å². The quantitative estimate of drug-likeness (QED) is 0.605. The van der Waals surface area contributed by atoms with Crippen molar-refractivity contribution in [3.63, 3.8) is 0 Å². The number of hydrogen-bond acceptors (Lipinski definition) is 8. The zero-order chi connectivity index (χ0) is 14.5. The van der Waals surface area contributed by atoms with Gasteiger partial charge in [0.1, 0.15) is 17.7 Å². The Morgan fingerprint density at radius 1 is 1.40 bits per heavy atom. The van der Waals surface area contributed by atoms with Crippen LogP contribution in [0.15, 0.2) is 16.9 Å². The van der Waals surface area contributed by atoms with Gasteiger partial charge in [0.05, 0.1) is 11.5 Å². The highest BCUT2D eigenvalue weighted by atomic mass is 16.6. The molecule has 20 heavy (non-hydrogen) atoms. The van der Waals surface area contributed by atoms with Crippen LogP contribution in [0.4, 0.5) is 17.5 Å². The van der Waals surface area contributed by atoms with E-state index in [1.54, 1.807) is 13.0 Å². The van der Waals surface area contributed by atoms with E-state index in [2.05, 4.69) is 25.8 Å². The second-order valence-corrected chi connectivity index (χ2v) is 3.96. The molecule has 0 aliphatic carbocycles. The Morgan fingerprint density at radius 3 is 2.80 bits per heavy atom. The summed E-state index contributed by atoms with van der Waals surface area (Å²) in [6, 6.07) is 1.66. The number of hydrogen-bond donors (Lipinski definition) is 2. The van der Waals surface area contributed by atoms with E-state index in [1.165, 1.54) is 6.26 Å². The standard InChI is InChI=1S/C11H14N6O3/c1-3-12-11-14-7(2)9(17(18)19)10(15-11)13-6-8-4-5-20-16-8/h4-5H,3,6H2,1-2H3,(H2,12,13,14,15). The van der Waals surface area contributed by atoms with E-state index in [9.17, 15) is 10.1 Å². The van der Waals surface area contributed by atoms with Crippen LogP contribution >= 0.6 is 0 Å². The van der Waals surface area contributed by atoms with Gasteiger partial charge in [-0.05, 0) is 13.8 Å². The number of nitro groups is 1. The second kappa shape index (κ2) is 5.95. The molecule has 9 heteroatoms. The Kier molecular flexibility index (Phi) is 4.08. The molecule has 0 saturated heterocycles. The van der Waals surface area contributed by atoms with Gasteiger partial charge in [0.25, 0.3) is 0 Å². The van der Waals surface area contributed by atoms with Crippen molar-refractivity contribution in [2.45, 2.75) is 20.4 Å². The third-order valence-electron chi connectivity index (χ3n) is 2.50. The van der Waals surface area contributed by atoms with Gasteiger partial charge in [0.15, 0.2) is 0 Å². The Morgan fingerprint density at radius 2 is 2.20 bits per heavy atom. The molecule has 0 unspecified atom stereocenters. The highest BCUT2D eigenvalue weighted by molar-refractivity contribution is 5.60. The first kappa shape index (κ1) is 13.7. The summed E-state index contributed by atoms with van der Waals surface area (Å²) in [6.07, 6.45) is 1.43. The van der Waals surface area contributed by atoms with Gasteiger partial charge in [-0.15, -0.1) is 0 Å². The maximum Gasteiger partial charge on any atom is 0.332 e. The smallest absolute Gasteiger partial charge is 0.332 e. The molecule has 0 spiro atoms. The van der Waals surface area contributed by atoms with Gasteiger partial charge in [-0.3, -0.25) is 10.1 Å². The first-order valence-corrected chi connectivity index (χ1v) is 6.01. The number of nitrogens with one attached hydrogen (secondary N) is 2. The molecule has 9 nitrogen and oxygen atoms in total. The topological polar surface area (TPSA) is 119 Å². The largest absolute Gasteiger partial charge is 0.364 e. The molecular formula is C11H14N6O3. The maximum atomic E-state index is 11.1. The van der Waals surface area contributed by atoms with E-state index in [-0.39, 0.29) is 18.1 Å². The van der Waals surface area contributed by atoms with Crippen LogP contribution in [-0.4, -0.2) is 26.6 Å². The summed E-state index contributed by atoms with van der Waals surface area (Å²) in [4.78, 5) is 18.8. The molecule has 0 aliphatic heterocycles. The highest BCUT2D eigenvalue weighted by Gasteiger charge is 2.21. The Labute approximate surface area is 114 Å². The predicted octanol–water partition coefficient (Wildman–Crippen LogP) is 1.73. The first-order chi connectivity index (χ1) is 9.61. The van der Waals surface area contributed by atoms with Crippen molar-refractivity contribution < 1.29 is 9.45 Å². The highest BCUT2D eigenvalue weighted by Crippen LogP contribution is 2.26. The van der Waals surface area contributed by atoms with Crippen molar-refractivity contribution in [2.75, 3.05) is 17.2 Å². The second-order valence-electron chi connectivity index (χ2n) is 3.96. The van der Waals surface area contributed by atoms with Gasteiger partial charge < -0.3 is 15.2 Å². The molecule has 0 amide bonds. The zero-order valence-electron chi connectivity index (χ0n) is 11.1. The summed E-state index contributed by atoms with van der Waals surface area (Å²) in [5.41, 5.74) is 0.777. The lowest BCUT2D eigenvalue weighted by Gasteiger charge is -2.09. The number of rotatable bonds is 6. The molecule has 0 fully saturated rings. The van der Waals surface area contributed by atoms with E-state index in [1.807, 2.05) is 6.92 Å². The van der Waals surface area contributed by atoms with Crippen molar-refractivity contribution in [3.8, 4) is 0 Å². The lowest BCUT2D eigenvalue weighted by atomic mass is 10.3. The number of nitrogens with zero attached hydrogens (tertiary/aromatic N) is 4. The SMILES string of the molecule is CCNc1nc(C)c([N+](=O)[O-])c(NCc2ccon2)n1. The monoisotopic (exact) mass is 278 g/mol. The molecule has 2 aromatic rings. The van der Waals surface area contributed by atoms with E-state index in [0.717, 1.165) is 0 Å². The van der Waals surface area contributed by atoms with Crippen LogP contribution in [0.1, 0.15) is 18.3 Å². The number of anilines is 2. The molecule has 106 valence electrons. The molecule has 0 aliphatic rings. The van der Waals surface area contributed by atoms with Gasteiger partial charge >= 0.3 is 5.69 Å². The fourth-order valence-electron chi connectivity index (χ4n) is 1.65. The Bertz CT molecular complexity index is 598. The van der Waals surface area contributed by atoms with Gasteiger partial charge in [-0.1, -0.05) is 5.16 Å². The third-order valence-corrected chi connectivity index (χ3v) is 2.50. The molecular weight excluding hydrogens is 264 g/mol. The van der Waals surface area contributed by atoms with Crippen LogP contribution in [-0.2, 0) is 6.54 Å². The summed E-state index contributed by atoms with van der Waals surface area (Å²) in [6.45, 7) is 4.36. The summed E-state index contributed by atoms with van der Waals surface area (Å²) < 4.78 is 4.70. The lowest BCUT2D eigenvalue weighted by Crippen LogP contribution is -2.11. The predicted molar refractivity (Wildman–Crippen MR) is 71.4 cm³/mol. The van der Waals surface area contributed by atoms with Crippen molar-refractivity contribution >= 4 is 17.5 Å².